The van der Waals surface area contributed by atoms with Gasteiger partial charge in [0.05, 0.1) is 11.3 Å². The minimum absolute atomic E-state index is 0.0528. The molecular weight excluding hydrogens is 370 g/mol. The van der Waals surface area contributed by atoms with Gasteiger partial charge in [-0.3, -0.25) is 4.79 Å². The SMILES string of the molecule is CCc1ccc2c(c1)c1nnc(SCC(=O)NC3CCCCC3C)nc1n2C. The first-order valence-electron chi connectivity index (χ1n) is 10.1. The van der Waals surface area contributed by atoms with Gasteiger partial charge in [-0.1, -0.05) is 44.5 Å². The summed E-state index contributed by atoms with van der Waals surface area (Å²) in [5.74, 6) is 0.929. The molecule has 0 spiro atoms. The van der Waals surface area contributed by atoms with Crippen LogP contribution >= 0.6 is 11.8 Å². The molecule has 4 rings (SSSR count). The Morgan fingerprint density at radius 2 is 2.11 bits per heavy atom. The summed E-state index contributed by atoms with van der Waals surface area (Å²) in [6.45, 7) is 4.37. The Morgan fingerprint density at radius 3 is 2.89 bits per heavy atom. The molecule has 28 heavy (non-hydrogen) atoms. The molecule has 1 aromatic carbocycles. The number of hydrogen-bond acceptors (Lipinski definition) is 5. The summed E-state index contributed by atoms with van der Waals surface area (Å²) >= 11 is 1.35. The van der Waals surface area contributed by atoms with Crippen molar-refractivity contribution in [2.45, 2.75) is 57.1 Å². The normalized spacial score (nSPS) is 20.0. The Morgan fingerprint density at radius 1 is 1.29 bits per heavy atom. The second kappa shape index (κ2) is 8.07. The average molecular weight is 398 g/mol. The second-order valence-corrected chi connectivity index (χ2v) is 8.70. The number of carbonyl (C=O) groups is 1. The van der Waals surface area contributed by atoms with E-state index in [-0.39, 0.29) is 5.91 Å². The van der Waals surface area contributed by atoms with Gasteiger partial charge in [-0.15, -0.1) is 10.2 Å². The van der Waals surface area contributed by atoms with E-state index in [9.17, 15) is 4.79 Å². The van der Waals surface area contributed by atoms with Gasteiger partial charge in [-0.05, 0) is 42.9 Å². The summed E-state index contributed by atoms with van der Waals surface area (Å²) in [7, 11) is 2.00. The van der Waals surface area contributed by atoms with E-state index in [4.69, 9.17) is 0 Å². The molecule has 3 aromatic rings. The number of aryl methyl sites for hydroxylation is 2. The lowest BCUT2D eigenvalue weighted by atomic mass is 9.86. The Kier molecular flexibility index (Phi) is 5.53. The third-order valence-electron chi connectivity index (χ3n) is 5.84. The number of hydrogen-bond donors (Lipinski definition) is 1. The number of nitrogens with zero attached hydrogens (tertiary/aromatic N) is 4. The fraction of sp³-hybridized carbons (Fsp3) is 0.524. The molecule has 148 valence electrons. The number of amides is 1. The quantitative estimate of drug-likeness (QED) is 0.662. The Balaban J connectivity index is 1.49. The van der Waals surface area contributed by atoms with Crippen LogP contribution in [-0.4, -0.2) is 37.5 Å². The van der Waals surface area contributed by atoms with Gasteiger partial charge in [0.1, 0.15) is 5.52 Å². The molecule has 0 saturated heterocycles. The maximum atomic E-state index is 12.4. The van der Waals surface area contributed by atoms with Crippen molar-refractivity contribution in [3.05, 3.63) is 23.8 Å². The predicted molar refractivity (Wildman–Crippen MR) is 113 cm³/mol. The molecule has 1 aliphatic carbocycles. The van der Waals surface area contributed by atoms with E-state index in [1.165, 1.54) is 36.6 Å². The maximum Gasteiger partial charge on any atom is 0.230 e. The van der Waals surface area contributed by atoms with Crippen LogP contribution < -0.4 is 5.32 Å². The van der Waals surface area contributed by atoms with Crippen LogP contribution in [0.3, 0.4) is 0 Å². The molecule has 1 fully saturated rings. The zero-order chi connectivity index (χ0) is 19.7. The number of aromatic nitrogens is 4. The molecule has 0 aliphatic heterocycles. The van der Waals surface area contributed by atoms with Crippen molar-refractivity contribution < 1.29 is 4.79 Å². The standard InChI is InChI=1S/C21H27N5OS/c1-4-14-9-10-17-15(11-14)19-20(26(17)3)23-21(25-24-19)28-12-18(27)22-16-8-6-5-7-13(16)2/h9-11,13,16H,4-8,12H2,1-3H3,(H,22,27). The summed E-state index contributed by atoms with van der Waals surface area (Å²) in [5, 5.41) is 13.5. The molecule has 6 nitrogen and oxygen atoms in total. The van der Waals surface area contributed by atoms with Crippen molar-refractivity contribution in [3.8, 4) is 0 Å². The van der Waals surface area contributed by atoms with Gasteiger partial charge in [0, 0.05) is 18.5 Å². The van der Waals surface area contributed by atoms with E-state index in [0.29, 0.717) is 22.9 Å². The van der Waals surface area contributed by atoms with Crippen molar-refractivity contribution in [1.29, 1.82) is 0 Å². The van der Waals surface area contributed by atoms with Crippen LogP contribution in [0.25, 0.3) is 22.1 Å². The lowest BCUT2D eigenvalue weighted by Gasteiger charge is -2.29. The van der Waals surface area contributed by atoms with E-state index in [1.54, 1.807) is 0 Å². The summed E-state index contributed by atoms with van der Waals surface area (Å²) in [6, 6.07) is 6.72. The second-order valence-electron chi connectivity index (χ2n) is 7.76. The molecule has 1 amide bonds. The van der Waals surface area contributed by atoms with Crippen LogP contribution in [-0.2, 0) is 18.3 Å². The van der Waals surface area contributed by atoms with Gasteiger partial charge in [-0.25, -0.2) is 4.98 Å². The number of thioether (sulfide) groups is 1. The Hall–Kier alpha value is -2.15. The van der Waals surface area contributed by atoms with Gasteiger partial charge in [0.25, 0.3) is 0 Å². The number of nitrogens with one attached hydrogen (secondary N) is 1. The minimum atomic E-state index is 0.0528. The predicted octanol–water partition coefficient (Wildman–Crippen LogP) is 3.87. The Labute approximate surface area is 169 Å². The van der Waals surface area contributed by atoms with Gasteiger partial charge in [0.15, 0.2) is 5.65 Å². The van der Waals surface area contributed by atoms with Gasteiger partial charge >= 0.3 is 0 Å². The van der Waals surface area contributed by atoms with Crippen LogP contribution in [0.1, 0.15) is 45.1 Å². The van der Waals surface area contributed by atoms with Crippen LogP contribution in [0.15, 0.2) is 23.4 Å². The lowest BCUT2D eigenvalue weighted by Crippen LogP contribution is -2.41. The molecule has 1 saturated carbocycles. The summed E-state index contributed by atoms with van der Waals surface area (Å²) in [6.07, 6.45) is 5.73. The third kappa shape index (κ3) is 3.72. The largest absolute Gasteiger partial charge is 0.352 e. The molecule has 2 atom stereocenters. The first-order valence-corrected chi connectivity index (χ1v) is 11.1. The molecule has 1 aliphatic rings. The van der Waals surface area contributed by atoms with Crippen molar-refractivity contribution in [1.82, 2.24) is 25.1 Å². The van der Waals surface area contributed by atoms with Crippen molar-refractivity contribution >= 4 is 39.7 Å². The molecule has 2 heterocycles. The first kappa shape index (κ1) is 19.2. The van der Waals surface area contributed by atoms with Gasteiger partial charge in [-0.2, -0.15) is 0 Å². The zero-order valence-electron chi connectivity index (χ0n) is 16.7. The van der Waals surface area contributed by atoms with E-state index in [0.717, 1.165) is 34.9 Å². The molecule has 2 aromatic heterocycles. The fourth-order valence-corrected chi connectivity index (χ4v) is 4.67. The Bertz CT molecular complexity index is 1010. The molecule has 2 unspecified atom stereocenters. The third-order valence-corrected chi connectivity index (χ3v) is 6.68. The molecule has 0 radical (unpaired) electrons. The van der Waals surface area contributed by atoms with Crippen LogP contribution in [0, 0.1) is 5.92 Å². The molecule has 1 N–H and O–H groups in total. The zero-order valence-corrected chi connectivity index (χ0v) is 17.6. The van der Waals surface area contributed by atoms with Crippen molar-refractivity contribution in [3.63, 3.8) is 0 Å². The highest BCUT2D eigenvalue weighted by Crippen LogP contribution is 2.27. The fourth-order valence-electron chi connectivity index (χ4n) is 4.08. The summed E-state index contributed by atoms with van der Waals surface area (Å²) in [5.41, 5.74) is 3.99. The summed E-state index contributed by atoms with van der Waals surface area (Å²) < 4.78 is 2.05. The highest BCUT2D eigenvalue weighted by molar-refractivity contribution is 7.99. The van der Waals surface area contributed by atoms with Crippen LogP contribution in [0.4, 0.5) is 0 Å². The number of fused-ring (bicyclic) bond motifs is 3. The lowest BCUT2D eigenvalue weighted by molar-refractivity contribution is -0.119. The number of benzene rings is 1. The van der Waals surface area contributed by atoms with E-state index >= 15 is 0 Å². The number of rotatable bonds is 5. The number of carbonyl (C=O) groups excluding carboxylic acids is 1. The first-order chi connectivity index (χ1) is 13.6. The minimum Gasteiger partial charge on any atom is -0.352 e. The smallest absolute Gasteiger partial charge is 0.230 e. The van der Waals surface area contributed by atoms with E-state index in [2.05, 4.69) is 52.5 Å². The monoisotopic (exact) mass is 397 g/mol. The molecular formula is C21H27N5OS. The highest BCUT2D eigenvalue weighted by atomic mass is 32.2. The van der Waals surface area contributed by atoms with Crippen LogP contribution in [0.2, 0.25) is 0 Å². The highest BCUT2D eigenvalue weighted by Gasteiger charge is 2.23. The van der Waals surface area contributed by atoms with E-state index in [1.807, 2.05) is 11.6 Å². The van der Waals surface area contributed by atoms with Gasteiger partial charge in [0.2, 0.25) is 11.1 Å². The molecule has 0 bridgehead atoms. The van der Waals surface area contributed by atoms with Gasteiger partial charge < -0.3 is 9.88 Å². The molecule has 7 heteroatoms. The van der Waals surface area contributed by atoms with E-state index < -0.39 is 0 Å². The van der Waals surface area contributed by atoms with Crippen LogP contribution in [0.5, 0.6) is 0 Å². The van der Waals surface area contributed by atoms with Crippen molar-refractivity contribution in [2.75, 3.05) is 5.75 Å². The summed E-state index contributed by atoms with van der Waals surface area (Å²) in [4.78, 5) is 17.0. The topological polar surface area (TPSA) is 72.7 Å². The van der Waals surface area contributed by atoms with Crippen molar-refractivity contribution in [2.24, 2.45) is 13.0 Å². The maximum absolute atomic E-state index is 12.4. The average Bonchev–Trinajstić information content (AvgIpc) is 2.99.